The standard InChI is InChI=1S/C14H14OS/c1-11-7-6-10-14(12(11)2)16(15)13-8-4-3-5-9-13/h3-10H,1-2H3. The third-order valence-corrected chi connectivity index (χ3v) is 4.25. The predicted octanol–water partition coefficient (Wildman–Crippen LogP) is 3.47. The van der Waals surface area contributed by atoms with Crippen LogP contribution in [0.4, 0.5) is 0 Å². The monoisotopic (exact) mass is 230 g/mol. The second-order valence-electron chi connectivity index (χ2n) is 3.78. The summed E-state index contributed by atoms with van der Waals surface area (Å²) < 4.78 is 12.3. The SMILES string of the molecule is Cc1cccc([S+]([O-])c2ccccc2)c1C. The molecule has 0 spiro atoms. The molecule has 0 N–H and O–H groups in total. The van der Waals surface area contributed by atoms with Crippen molar-refractivity contribution in [2.24, 2.45) is 0 Å². The molecule has 2 aromatic carbocycles. The lowest BCUT2D eigenvalue weighted by Gasteiger charge is -2.13. The van der Waals surface area contributed by atoms with E-state index in [-0.39, 0.29) is 0 Å². The lowest BCUT2D eigenvalue weighted by molar-refractivity contribution is 0.594. The van der Waals surface area contributed by atoms with Crippen LogP contribution in [0.5, 0.6) is 0 Å². The van der Waals surface area contributed by atoms with Crippen molar-refractivity contribution in [1.29, 1.82) is 0 Å². The summed E-state index contributed by atoms with van der Waals surface area (Å²) in [5, 5.41) is 0. The van der Waals surface area contributed by atoms with Crippen LogP contribution in [-0.4, -0.2) is 4.55 Å². The van der Waals surface area contributed by atoms with Crippen molar-refractivity contribution >= 4 is 11.2 Å². The first-order chi connectivity index (χ1) is 7.70. The average molecular weight is 230 g/mol. The molecule has 0 aliphatic carbocycles. The summed E-state index contributed by atoms with van der Waals surface area (Å²) >= 11 is -1.07. The molecule has 2 heteroatoms. The van der Waals surface area contributed by atoms with Gasteiger partial charge in [-0.2, -0.15) is 0 Å². The van der Waals surface area contributed by atoms with E-state index in [0.29, 0.717) is 0 Å². The first-order valence-corrected chi connectivity index (χ1v) is 6.38. The van der Waals surface area contributed by atoms with Gasteiger partial charge in [-0.3, -0.25) is 0 Å². The smallest absolute Gasteiger partial charge is 0.161 e. The average Bonchev–Trinajstić information content (AvgIpc) is 2.33. The van der Waals surface area contributed by atoms with E-state index in [9.17, 15) is 4.55 Å². The fraction of sp³-hybridized carbons (Fsp3) is 0.143. The Kier molecular flexibility index (Phi) is 3.32. The van der Waals surface area contributed by atoms with Crippen LogP contribution in [-0.2, 0) is 11.2 Å². The minimum atomic E-state index is -1.07. The van der Waals surface area contributed by atoms with Gasteiger partial charge >= 0.3 is 0 Å². The van der Waals surface area contributed by atoms with Gasteiger partial charge < -0.3 is 4.55 Å². The molecule has 1 unspecified atom stereocenters. The first kappa shape index (κ1) is 11.2. The zero-order valence-corrected chi connectivity index (χ0v) is 10.3. The van der Waals surface area contributed by atoms with E-state index in [1.54, 1.807) is 0 Å². The van der Waals surface area contributed by atoms with Crippen LogP contribution in [0, 0.1) is 13.8 Å². The normalized spacial score (nSPS) is 12.4. The zero-order valence-electron chi connectivity index (χ0n) is 9.44. The van der Waals surface area contributed by atoms with E-state index >= 15 is 0 Å². The van der Waals surface area contributed by atoms with E-state index in [0.717, 1.165) is 15.4 Å². The van der Waals surface area contributed by atoms with Crippen molar-refractivity contribution in [3.05, 3.63) is 59.7 Å². The first-order valence-electron chi connectivity index (χ1n) is 5.23. The van der Waals surface area contributed by atoms with Crippen molar-refractivity contribution in [1.82, 2.24) is 0 Å². The van der Waals surface area contributed by atoms with Crippen LogP contribution in [0.25, 0.3) is 0 Å². The van der Waals surface area contributed by atoms with Crippen LogP contribution in [0.15, 0.2) is 58.3 Å². The molecule has 0 aliphatic rings. The van der Waals surface area contributed by atoms with Crippen molar-refractivity contribution in [3.63, 3.8) is 0 Å². The Labute approximate surface area is 99.3 Å². The summed E-state index contributed by atoms with van der Waals surface area (Å²) in [6.07, 6.45) is 0. The van der Waals surface area contributed by atoms with Gasteiger partial charge in [-0.05, 0) is 37.6 Å². The number of hydrogen-bond donors (Lipinski definition) is 0. The van der Waals surface area contributed by atoms with E-state index in [2.05, 4.69) is 0 Å². The summed E-state index contributed by atoms with van der Waals surface area (Å²) in [6, 6.07) is 15.5. The maximum Gasteiger partial charge on any atom is 0.161 e. The fourth-order valence-electron chi connectivity index (χ4n) is 1.60. The number of hydrogen-bond acceptors (Lipinski definition) is 1. The molecule has 16 heavy (non-hydrogen) atoms. The minimum absolute atomic E-state index is 0.858. The maximum atomic E-state index is 12.3. The van der Waals surface area contributed by atoms with Crippen LogP contribution < -0.4 is 0 Å². The van der Waals surface area contributed by atoms with Gasteiger partial charge in [-0.25, -0.2) is 0 Å². The molecular formula is C14H14OS. The van der Waals surface area contributed by atoms with E-state index in [4.69, 9.17) is 0 Å². The van der Waals surface area contributed by atoms with Crippen molar-refractivity contribution < 1.29 is 4.55 Å². The van der Waals surface area contributed by atoms with E-state index in [1.807, 2.05) is 62.4 Å². The van der Waals surface area contributed by atoms with Gasteiger partial charge in [0, 0.05) is 16.7 Å². The van der Waals surface area contributed by atoms with Crippen LogP contribution in [0.1, 0.15) is 11.1 Å². The summed E-state index contributed by atoms with van der Waals surface area (Å²) in [5.41, 5.74) is 2.30. The second kappa shape index (κ2) is 4.73. The van der Waals surface area contributed by atoms with Gasteiger partial charge in [0.2, 0.25) is 0 Å². The Morgan fingerprint density at radius 3 is 2.25 bits per heavy atom. The topological polar surface area (TPSA) is 23.1 Å². The summed E-state index contributed by atoms with van der Waals surface area (Å²) in [4.78, 5) is 1.77. The highest BCUT2D eigenvalue weighted by Gasteiger charge is 2.17. The molecule has 0 saturated heterocycles. The molecule has 0 aromatic heterocycles. The summed E-state index contributed by atoms with van der Waals surface area (Å²) in [6.45, 7) is 4.06. The number of aryl methyl sites for hydroxylation is 1. The van der Waals surface area contributed by atoms with Gasteiger partial charge in [0.05, 0.1) is 0 Å². The Morgan fingerprint density at radius 1 is 0.875 bits per heavy atom. The van der Waals surface area contributed by atoms with Crippen LogP contribution >= 0.6 is 0 Å². The highest BCUT2D eigenvalue weighted by Crippen LogP contribution is 2.25. The van der Waals surface area contributed by atoms with Gasteiger partial charge in [-0.15, -0.1) is 0 Å². The molecule has 0 fully saturated rings. The molecule has 0 saturated carbocycles. The quantitative estimate of drug-likeness (QED) is 0.724. The third-order valence-electron chi connectivity index (χ3n) is 2.71. The van der Waals surface area contributed by atoms with E-state index in [1.165, 1.54) is 5.56 Å². The molecule has 2 aromatic rings. The molecule has 82 valence electrons. The van der Waals surface area contributed by atoms with Gasteiger partial charge in [-0.1, -0.05) is 30.3 Å². The summed E-state index contributed by atoms with van der Waals surface area (Å²) in [7, 11) is 0. The van der Waals surface area contributed by atoms with Crippen molar-refractivity contribution in [2.75, 3.05) is 0 Å². The molecule has 0 heterocycles. The van der Waals surface area contributed by atoms with Gasteiger partial charge in [0.1, 0.15) is 0 Å². The fourth-order valence-corrected chi connectivity index (χ4v) is 2.90. The largest absolute Gasteiger partial charge is 0.606 e. The highest BCUT2D eigenvalue weighted by molar-refractivity contribution is 7.91. The second-order valence-corrected chi connectivity index (χ2v) is 5.23. The lowest BCUT2D eigenvalue weighted by Crippen LogP contribution is -2.04. The molecule has 0 aliphatic heterocycles. The van der Waals surface area contributed by atoms with Gasteiger partial charge in [0.15, 0.2) is 9.79 Å². The zero-order chi connectivity index (χ0) is 11.5. The third kappa shape index (κ3) is 2.13. The van der Waals surface area contributed by atoms with Crippen molar-refractivity contribution in [2.45, 2.75) is 23.6 Å². The number of rotatable bonds is 2. The predicted molar refractivity (Wildman–Crippen MR) is 67.0 cm³/mol. The highest BCUT2D eigenvalue weighted by atomic mass is 32.2. The molecular weight excluding hydrogens is 216 g/mol. The number of benzene rings is 2. The molecule has 1 nitrogen and oxygen atoms in total. The van der Waals surface area contributed by atoms with Gasteiger partial charge in [0.25, 0.3) is 0 Å². The Hall–Kier alpha value is -1.25. The molecule has 0 bridgehead atoms. The van der Waals surface area contributed by atoms with Crippen LogP contribution in [0.2, 0.25) is 0 Å². The Morgan fingerprint density at radius 2 is 1.56 bits per heavy atom. The van der Waals surface area contributed by atoms with Crippen molar-refractivity contribution in [3.8, 4) is 0 Å². The minimum Gasteiger partial charge on any atom is -0.606 e. The molecule has 0 radical (unpaired) electrons. The Bertz CT molecular complexity index is 479. The summed E-state index contributed by atoms with van der Waals surface area (Å²) in [5.74, 6) is 0. The molecule has 2 rings (SSSR count). The lowest BCUT2D eigenvalue weighted by atomic mass is 10.1. The Balaban J connectivity index is 2.42. The molecule has 1 atom stereocenters. The van der Waals surface area contributed by atoms with Crippen LogP contribution in [0.3, 0.4) is 0 Å². The molecule has 0 amide bonds. The maximum absolute atomic E-state index is 12.3. The van der Waals surface area contributed by atoms with E-state index < -0.39 is 11.2 Å².